The molecule has 1 saturated carbocycles. The molecule has 0 atom stereocenters. The molecule has 1 fully saturated rings. The molecule has 0 unspecified atom stereocenters. The van der Waals surface area contributed by atoms with Crippen LogP contribution < -0.4 is 0 Å². The molecule has 0 saturated heterocycles. The van der Waals surface area contributed by atoms with E-state index >= 15 is 0 Å². The van der Waals surface area contributed by atoms with Crippen LogP contribution in [0.5, 0.6) is 0 Å². The number of ether oxygens (including phenoxy) is 1. The molecule has 0 heterocycles. The lowest BCUT2D eigenvalue weighted by Crippen LogP contribution is -2.13. The number of unbranched alkanes of at least 4 members (excludes halogenated alkanes) is 6. The van der Waals surface area contributed by atoms with E-state index in [4.69, 9.17) is 38.0 Å². The first-order valence-electron chi connectivity index (χ1n) is 12.9. The molecule has 0 aliphatic heterocycles. The van der Waals surface area contributed by atoms with Gasteiger partial charge in [-0.15, -0.1) is 33.2 Å². The minimum absolute atomic E-state index is 0.287. The Hall–Kier alpha value is -0.483. The first-order chi connectivity index (χ1) is 15.9. The zero-order valence-electron chi connectivity index (χ0n) is 20.2. The fraction of sp³-hybridized carbons (Fsp3) is 0.667. The average Bonchev–Trinajstić information content (AvgIpc) is 2.80. The second kappa shape index (κ2) is 16.2. The van der Waals surface area contributed by atoms with Gasteiger partial charge in [-0.1, -0.05) is 82.6 Å². The van der Waals surface area contributed by atoms with Gasteiger partial charge < -0.3 is 4.74 Å². The SMILES string of the molecule is CCCCCCC1CCC(c2ccc(/C=C/C(=O)OCCCCCC[Si](Cl)(Cl)Cl)cc2)CC1. The highest BCUT2D eigenvalue weighted by molar-refractivity contribution is 7.64. The third kappa shape index (κ3) is 13.3. The molecule has 0 spiro atoms. The van der Waals surface area contributed by atoms with Crippen molar-refractivity contribution in [2.24, 2.45) is 5.92 Å². The first kappa shape index (κ1) is 28.8. The largest absolute Gasteiger partial charge is 0.463 e. The van der Waals surface area contributed by atoms with Gasteiger partial charge in [-0.25, -0.2) is 4.79 Å². The summed E-state index contributed by atoms with van der Waals surface area (Å²) < 4.78 is 5.29. The van der Waals surface area contributed by atoms with Crippen molar-refractivity contribution >= 4 is 51.3 Å². The minimum atomic E-state index is -2.49. The molecule has 186 valence electrons. The molecule has 0 aromatic heterocycles. The Morgan fingerprint density at radius 1 is 0.939 bits per heavy atom. The lowest BCUT2D eigenvalue weighted by molar-refractivity contribution is -0.137. The molecule has 1 aliphatic rings. The average molecular weight is 532 g/mol. The highest BCUT2D eigenvalue weighted by Gasteiger charge is 2.23. The van der Waals surface area contributed by atoms with Gasteiger partial charge in [-0.05, 0) is 67.2 Å². The van der Waals surface area contributed by atoms with E-state index in [1.54, 1.807) is 0 Å². The number of rotatable bonds is 15. The number of hydrogen-bond donors (Lipinski definition) is 0. The van der Waals surface area contributed by atoms with E-state index in [-0.39, 0.29) is 5.97 Å². The molecule has 0 N–H and O–H groups in total. The van der Waals surface area contributed by atoms with Crippen molar-refractivity contribution in [3.8, 4) is 0 Å². The summed E-state index contributed by atoms with van der Waals surface area (Å²) in [5.74, 6) is 1.34. The molecule has 1 aromatic carbocycles. The number of esters is 1. The molecule has 1 aliphatic carbocycles. The fourth-order valence-electron chi connectivity index (χ4n) is 4.69. The van der Waals surface area contributed by atoms with Crippen LogP contribution in [0.25, 0.3) is 6.08 Å². The van der Waals surface area contributed by atoms with Gasteiger partial charge in [0, 0.05) is 6.08 Å². The smallest absolute Gasteiger partial charge is 0.341 e. The van der Waals surface area contributed by atoms with Crippen molar-refractivity contribution < 1.29 is 9.53 Å². The van der Waals surface area contributed by atoms with Crippen LogP contribution in [-0.4, -0.2) is 18.6 Å². The lowest BCUT2D eigenvalue weighted by atomic mass is 9.77. The zero-order valence-corrected chi connectivity index (χ0v) is 23.4. The van der Waals surface area contributed by atoms with E-state index in [1.165, 1.54) is 69.4 Å². The van der Waals surface area contributed by atoms with Gasteiger partial charge in [0.25, 0.3) is 0 Å². The number of hydrogen-bond acceptors (Lipinski definition) is 2. The van der Waals surface area contributed by atoms with Crippen molar-refractivity contribution in [1.29, 1.82) is 0 Å². The van der Waals surface area contributed by atoms with Gasteiger partial charge >= 0.3 is 12.0 Å². The van der Waals surface area contributed by atoms with E-state index in [1.807, 2.05) is 6.08 Å². The summed E-state index contributed by atoms with van der Waals surface area (Å²) in [5.41, 5.74) is 2.48. The van der Waals surface area contributed by atoms with Crippen LogP contribution in [0.1, 0.15) is 107 Å². The number of halogens is 3. The molecule has 0 amide bonds. The zero-order chi connectivity index (χ0) is 23.9. The minimum Gasteiger partial charge on any atom is -0.463 e. The van der Waals surface area contributed by atoms with E-state index in [0.29, 0.717) is 18.6 Å². The van der Waals surface area contributed by atoms with E-state index in [2.05, 4.69) is 31.2 Å². The molecule has 33 heavy (non-hydrogen) atoms. The lowest BCUT2D eigenvalue weighted by Gasteiger charge is -2.29. The molecule has 2 nitrogen and oxygen atoms in total. The highest BCUT2D eigenvalue weighted by atomic mass is 35.8. The van der Waals surface area contributed by atoms with E-state index in [0.717, 1.165) is 37.2 Å². The third-order valence-electron chi connectivity index (χ3n) is 6.73. The summed E-state index contributed by atoms with van der Waals surface area (Å²) in [6.07, 6.45) is 19.4. The van der Waals surface area contributed by atoms with Crippen molar-refractivity contribution in [1.82, 2.24) is 0 Å². The molecular formula is C27H41Cl3O2Si. The van der Waals surface area contributed by atoms with Gasteiger partial charge in [-0.3, -0.25) is 0 Å². The highest BCUT2D eigenvalue weighted by Crippen LogP contribution is 2.37. The predicted octanol–water partition coefficient (Wildman–Crippen LogP) is 9.70. The summed E-state index contributed by atoms with van der Waals surface area (Å²) in [4.78, 5) is 11.9. The quantitative estimate of drug-likeness (QED) is 0.0740. The van der Waals surface area contributed by atoms with Gasteiger partial charge in [0.2, 0.25) is 0 Å². The molecular weight excluding hydrogens is 491 g/mol. The van der Waals surface area contributed by atoms with Crippen LogP contribution in [-0.2, 0) is 9.53 Å². The fourth-order valence-corrected chi connectivity index (χ4v) is 6.54. The van der Waals surface area contributed by atoms with Crippen LogP contribution in [0.2, 0.25) is 6.04 Å². The van der Waals surface area contributed by atoms with Crippen molar-refractivity contribution in [2.75, 3.05) is 6.61 Å². The van der Waals surface area contributed by atoms with Gasteiger partial charge in [0.1, 0.15) is 0 Å². The summed E-state index contributed by atoms with van der Waals surface area (Å²) in [6, 6.07) is 6.90. The topological polar surface area (TPSA) is 26.3 Å². The Morgan fingerprint density at radius 2 is 1.61 bits per heavy atom. The van der Waals surface area contributed by atoms with E-state index < -0.39 is 6.00 Å². The third-order valence-corrected chi connectivity index (χ3v) is 9.35. The molecule has 2 rings (SSSR count). The maximum absolute atomic E-state index is 11.9. The van der Waals surface area contributed by atoms with Crippen molar-refractivity contribution in [3.05, 3.63) is 41.5 Å². The monoisotopic (exact) mass is 530 g/mol. The van der Waals surface area contributed by atoms with E-state index in [9.17, 15) is 4.79 Å². The van der Waals surface area contributed by atoms with Gasteiger partial charge in [0.15, 0.2) is 0 Å². The molecule has 0 bridgehead atoms. The second-order valence-electron chi connectivity index (χ2n) is 9.51. The van der Waals surface area contributed by atoms with Crippen LogP contribution in [0.3, 0.4) is 0 Å². The number of benzene rings is 1. The summed E-state index contributed by atoms with van der Waals surface area (Å²) >= 11 is 17.6. The summed E-state index contributed by atoms with van der Waals surface area (Å²) in [5, 5.41) is 0. The summed E-state index contributed by atoms with van der Waals surface area (Å²) in [7, 11) is 0. The second-order valence-corrected chi connectivity index (χ2v) is 18.8. The Bertz CT molecular complexity index is 692. The maximum atomic E-state index is 11.9. The summed E-state index contributed by atoms with van der Waals surface area (Å²) in [6.45, 7) is 2.72. The number of carbonyl (C=O) groups excluding carboxylic acids is 1. The van der Waals surface area contributed by atoms with Gasteiger partial charge in [0.05, 0.1) is 6.61 Å². The Labute approximate surface area is 216 Å². The number of carbonyl (C=O) groups is 1. The molecule has 1 aromatic rings. The molecule has 6 heteroatoms. The maximum Gasteiger partial charge on any atom is 0.341 e. The first-order valence-corrected chi connectivity index (χ1v) is 18.1. The van der Waals surface area contributed by atoms with Crippen LogP contribution in [0.15, 0.2) is 30.3 Å². The van der Waals surface area contributed by atoms with Crippen LogP contribution >= 0.6 is 33.2 Å². The van der Waals surface area contributed by atoms with Crippen LogP contribution in [0.4, 0.5) is 0 Å². The van der Waals surface area contributed by atoms with Crippen LogP contribution in [0, 0.1) is 5.92 Å². The Balaban J connectivity index is 1.61. The normalized spacial score (nSPS) is 19.2. The van der Waals surface area contributed by atoms with Gasteiger partial charge in [-0.2, -0.15) is 0 Å². The Morgan fingerprint density at radius 3 is 2.27 bits per heavy atom. The Kier molecular flexibility index (Phi) is 14.1. The van der Waals surface area contributed by atoms with Crippen molar-refractivity contribution in [2.45, 2.75) is 102 Å². The standard InChI is InChI=1S/C27H41Cl3O2Si/c1-2-3-4-7-10-23-11-16-25(17-12-23)26-18-13-24(14-19-26)15-20-27(31)32-21-8-5-6-9-22-33(28,29)30/h13-15,18-20,23,25H,2-12,16-17,21-22H2,1H3/b20-15+. The predicted molar refractivity (Wildman–Crippen MR) is 146 cm³/mol. The molecule has 0 radical (unpaired) electrons. The van der Waals surface area contributed by atoms with Crippen molar-refractivity contribution in [3.63, 3.8) is 0 Å².